The van der Waals surface area contributed by atoms with Gasteiger partial charge >= 0.3 is 12.0 Å². The van der Waals surface area contributed by atoms with Gasteiger partial charge in [0.2, 0.25) is 0 Å². The van der Waals surface area contributed by atoms with Gasteiger partial charge in [-0.3, -0.25) is 9.79 Å². The molecule has 1 heterocycles. The van der Waals surface area contributed by atoms with Crippen LogP contribution >= 0.6 is 0 Å². The van der Waals surface area contributed by atoms with Crippen molar-refractivity contribution in [2.45, 2.75) is 25.3 Å². The smallest absolute Gasteiger partial charge is 0.319 e. The first-order chi connectivity index (χ1) is 16.3. The van der Waals surface area contributed by atoms with Gasteiger partial charge in [0.1, 0.15) is 29.0 Å². The number of benzene rings is 2. The van der Waals surface area contributed by atoms with E-state index in [1.165, 1.54) is 31.4 Å². The molecule has 0 unspecified atom stereocenters. The van der Waals surface area contributed by atoms with Gasteiger partial charge < -0.3 is 25.4 Å². The summed E-state index contributed by atoms with van der Waals surface area (Å²) in [5.74, 6) is -3.15. The monoisotopic (exact) mass is 478 g/mol. The molecule has 11 heteroatoms. The number of aliphatic imine (C=N–C) groups is 1. The quantitative estimate of drug-likeness (QED) is 0.506. The van der Waals surface area contributed by atoms with Crippen LogP contribution in [0, 0.1) is 17.5 Å². The predicted molar refractivity (Wildman–Crippen MR) is 120 cm³/mol. The number of methoxy groups -OCH3 is 1. The van der Waals surface area contributed by atoms with E-state index in [9.17, 15) is 22.8 Å². The third kappa shape index (κ3) is 6.18. The summed E-state index contributed by atoms with van der Waals surface area (Å²) in [6, 6.07) is 5.60. The number of ether oxygens (including phenoxy) is 2. The summed E-state index contributed by atoms with van der Waals surface area (Å²) in [6.07, 6.45) is 0.0390. The van der Waals surface area contributed by atoms with E-state index < -0.39 is 41.4 Å². The minimum atomic E-state index is -0.931. The third-order valence-corrected chi connectivity index (χ3v) is 5.14. The molecule has 0 saturated heterocycles. The van der Waals surface area contributed by atoms with E-state index in [1.54, 1.807) is 6.92 Å². The van der Waals surface area contributed by atoms with Crippen LogP contribution in [0.3, 0.4) is 0 Å². The van der Waals surface area contributed by atoms with Crippen molar-refractivity contribution >= 4 is 23.5 Å². The van der Waals surface area contributed by atoms with Gasteiger partial charge in [-0.2, -0.15) is 0 Å². The molecule has 0 fully saturated rings. The summed E-state index contributed by atoms with van der Waals surface area (Å²) in [5.41, 5.74) is 0.0721. The Bertz CT molecular complexity index is 1040. The van der Waals surface area contributed by atoms with Gasteiger partial charge in [-0.05, 0) is 31.2 Å². The molecule has 8 nitrogen and oxygen atoms in total. The van der Waals surface area contributed by atoms with Gasteiger partial charge in [-0.25, -0.2) is 18.0 Å². The second-order valence-electron chi connectivity index (χ2n) is 7.40. The molecule has 2 atom stereocenters. The first-order valence-corrected chi connectivity index (χ1v) is 10.6. The summed E-state index contributed by atoms with van der Waals surface area (Å²) >= 11 is 0. The van der Waals surface area contributed by atoms with Gasteiger partial charge in [0.15, 0.2) is 0 Å². The second-order valence-corrected chi connectivity index (χ2v) is 7.40. The number of hydrogen-bond acceptors (Lipinski definition) is 6. The Kier molecular flexibility index (Phi) is 8.34. The van der Waals surface area contributed by atoms with Crippen molar-refractivity contribution in [1.29, 1.82) is 0 Å². The van der Waals surface area contributed by atoms with Crippen LogP contribution in [-0.4, -0.2) is 50.7 Å². The number of carbonyl (C=O) groups excluding carboxylic acids is 2. The Morgan fingerprint density at radius 2 is 1.79 bits per heavy atom. The van der Waals surface area contributed by atoms with E-state index in [4.69, 9.17) is 9.47 Å². The van der Waals surface area contributed by atoms with Crippen molar-refractivity contribution in [3.8, 4) is 5.75 Å². The van der Waals surface area contributed by atoms with Gasteiger partial charge in [-0.15, -0.1) is 0 Å². The molecule has 34 heavy (non-hydrogen) atoms. The van der Waals surface area contributed by atoms with E-state index >= 15 is 0 Å². The van der Waals surface area contributed by atoms with Crippen molar-refractivity contribution in [1.82, 2.24) is 10.6 Å². The molecule has 182 valence electrons. The molecule has 1 aliphatic rings. The predicted octanol–water partition coefficient (Wildman–Crippen LogP) is 3.34. The summed E-state index contributed by atoms with van der Waals surface area (Å²) < 4.78 is 52.5. The van der Waals surface area contributed by atoms with Crippen LogP contribution in [0.2, 0.25) is 0 Å². The summed E-state index contributed by atoms with van der Waals surface area (Å²) in [4.78, 5) is 28.6. The Balaban J connectivity index is 1.79. The lowest BCUT2D eigenvalue weighted by molar-refractivity contribution is -0.142. The maximum absolute atomic E-state index is 14.8. The van der Waals surface area contributed by atoms with Crippen LogP contribution in [0.4, 0.5) is 23.7 Å². The van der Waals surface area contributed by atoms with Crippen LogP contribution in [0.25, 0.3) is 0 Å². The number of esters is 1. The minimum absolute atomic E-state index is 0.0105. The topological polar surface area (TPSA) is 101 Å². The lowest BCUT2D eigenvalue weighted by Crippen LogP contribution is -2.49. The normalized spacial score (nSPS) is 17.0. The number of rotatable bonds is 8. The highest BCUT2D eigenvalue weighted by molar-refractivity contribution is 5.97. The fourth-order valence-electron chi connectivity index (χ4n) is 3.58. The molecule has 3 rings (SSSR count). The number of halogens is 3. The van der Waals surface area contributed by atoms with Gasteiger partial charge in [0, 0.05) is 35.8 Å². The molecule has 1 aliphatic heterocycles. The van der Waals surface area contributed by atoms with Crippen LogP contribution in [0.15, 0.2) is 41.4 Å². The molecular formula is C23H25F3N4O4. The number of hydrogen-bond donors (Lipinski definition) is 3. The number of carbonyl (C=O) groups is 2. The molecule has 0 bridgehead atoms. The average Bonchev–Trinajstić information content (AvgIpc) is 3.16. The van der Waals surface area contributed by atoms with Gasteiger partial charge in [-0.1, -0.05) is 0 Å². The Labute approximate surface area is 194 Å². The van der Waals surface area contributed by atoms with Crippen molar-refractivity contribution in [2.75, 3.05) is 32.1 Å². The van der Waals surface area contributed by atoms with E-state index in [-0.39, 0.29) is 43.3 Å². The largest absolute Gasteiger partial charge is 0.497 e. The number of anilines is 1. The van der Waals surface area contributed by atoms with Crippen LogP contribution in [0.5, 0.6) is 5.75 Å². The number of amides is 2. The average molecular weight is 478 g/mol. The highest BCUT2D eigenvalue weighted by Crippen LogP contribution is 2.32. The van der Waals surface area contributed by atoms with Crippen LogP contribution in [0.1, 0.15) is 24.8 Å². The van der Waals surface area contributed by atoms with Crippen molar-refractivity contribution < 1.29 is 32.2 Å². The Morgan fingerprint density at radius 3 is 2.41 bits per heavy atom. The maximum atomic E-state index is 14.8. The highest BCUT2D eigenvalue weighted by Gasteiger charge is 2.37. The molecule has 0 aliphatic carbocycles. The zero-order valence-corrected chi connectivity index (χ0v) is 18.7. The molecule has 0 radical (unpaired) electrons. The molecule has 0 aromatic heterocycles. The number of nitrogens with zero attached hydrogens (tertiary/aromatic N) is 1. The Hall–Kier alpha value is -3.76. The fraction of sp³-hybridized carbons (Fsp3) is 0.348. The second kappa shape index (κ2) is 11.4. The molecule has 2 aromatic carbocycles. The number of amidine groups is 1. The Morgan fingerprint density at radius 1 is 1.12 bits per heavy atom. The van der Waals surface area contributed by atoms with E-state index in [1.807, 2.05) is 0 Å². The van der Waals surface area contributed by atoms with Crippen LogP contribution in [-0.2, 0) is 9.53 Å². The molecule has 2 aromatic rings. The van der Waals surface area contributed by atoms with Crippen molar-refractivity contribution in [2.24, 2.45) is 4.99 Å². The summed E-state index contributed by atoms with van der Waals surface area (Å²) in [6.45, 7) is 2.07. The first kappa shape index (κ1) is 24.9. The lowest BCUT2D eigenvalue weighted by Gasteiger charge is -2.24. The third-order valence-electron chi connectivity index (χ3n) is 5.14. The molecule has 0 saturated carbocycles. The van der Waals surface area contributed by atoms with Crippen molar-refractivity contribution in [3.63, 3.8) is 0 Å². The fourth-order valence-corrected chi connectivity index (χ4v) is 3.58. The molecule has 2 amide bonds. The SMILES string of the molecule is CCOC(=O)CCNC1=NC[C@@H](c2c(F)cc(OC)cc2F)[C@@H]1NC(=O)Nc1ccc(F)cc1. The minimum Gasteiger partial charge on any atom is -0.497 e. The number of urea groups is 1. The zero-order chi connectivity index (χ0) is 24.7. The number of nitrogens with one attached hydrogen (secondary N) is 3. The molecular weight excluding hydrogens is 453 g/mol. The zero-order valence-electron chi connectivity index (χ0n) is 18.7. The highest BCUT2D eigenvalue weighted by atomic mass is 19.1. The summed E-state index contributed by atoms with van der Waals surface area (Å²) in [5, 5.41) is 8.16. The van der Waals surface area contributed by atoms with Gasteiger partial charge in [0.25, 0.3) is 0 Å². The van der Waals surface area contributed by atoms with E-state index in [2.05, 4.69) is 20.9 Å². The van der Waals surface area contributed by atoms with E-state index in [0.717, 1.165) is 12.1 Å². The molecule has 0 spiro atoms. The first-order valence-electron chi connectivity index (χ1n) is 10.6. The molecule has 3 N–H and O–H groups in total. The maximum Gasteiger partial charge on any atom is 0.319 e. The lowest BCUT2D eigenvalue weighted by atomic mass is 9.91. The van der Waals surface area contributed by atoms with Crippen molar-refractivity contribution in [3.05, 3.63) is 59.4 Å². The van der Waals surface area contributed by atoms with E-state index in [0.29, 0.717) is 5.69 Å². The van der Waals surface area contributed by atoms with Crippen LogP contribution < -0.4 is 20.7 Å². The summed E-state index contributed by atoms with van der Waals surface area (Å²) in [7, 11) is 1.29. The van der Waals surface area contributed by atoms with Gasteiger partial charge in [0.05, 0.1) is 32.7 Å². The standard InChI is InChI=1S/C23H25F3N4O4/c1-3-34-19(31)8-9-27-22-21(30-23(32)29-14-6-4-13(24)5-7-14)16(12-28-22)20-17(25)10-15(33-2)11-18(20)26/h4-7,10-11,16,21H,3,8-9,12H2,1-2H3,(H,27,28)(H2,29,30,32)/t16-,21-/m0/s1.